The number of nitrogens with two attached hydrogens (primary N) is 1. The third-order valence-electron chi connectivity index (χ3n) is 6.51. The summed E-state index contributed by atoms with van der Waals surface area (Å²) in [5.41, 5.74) is 11.9. The molecule has 2 aliphatic heterocycles. The second-order valence-corrected chi connectivity index (χ2v) is 8.53. The van der Waals surface area contributed by atoms with E-state index in [9.17, 15) is 0 Å². The Morgan fingerprint density at radius 2 is 1.90 bits per heavy atom. The Morgan fingerprint density at radius 1 is 1.10 bits per heavy atom. The SMILES string of the molecule is CN1CCN(c2ccc(-c3cc4ncccc4c(C(N)C4CCCN4)n3)cc2)CC1. The van der Waals surface area contributed by atoms with E-state index in [-0.39, 0.29) is 12.1 Å². The zero-order valence-electron chi connectivity index (χ0n) is 17.6. The van der Waals surface area contributed by atoms with Gasteiger partial charge in [-0.3, -0.25) is 9.97 Å². The van der Waals surface area contributed by atoms with Crippen LogP contribution in [0.1, 0.15) is 24.6 Å². The Labute approximate surface area is 178 Å². The largest absolute Gasteiger partial charge is 0.369 e. The molecule has 2 atom stereocenters. The molecule has 6 nitrogen and oxygen atoms in total. The smallest absolute Gasteiger partial charge is 0.0742 e. The van der Waals surface area contributed by atoms with Crippen molar-refractivity contribution in [2.24, 2.45) is 5.73 Å². The standard InChI is InChI=1S/C24H30N6/c1-29-12-14-30(15-13-29)18-8-6-17(7-9-18)21-16-22-19(4-2-10-27-22)24(28-21)23(25)20-5-3-11-26-20/h2,4,6-10,16,20,23,26H,3,5,11-15,25H2,1H3. The average Bonchev–Trinajstić information content (AvgIpc) is 3.33. The maximum Gasteiger partial charge on any atom is 0.0742 e. The van der Waals surface area contributed by atoms with Gasteiger partial charge in [0.25, 0.3) is 0 Å². The molecule has 4 heterocycles. The van der Waals surface area contributed by atoms with E-state index in [4.69, 9.17) is 10.7 Å². The molecule has 156 valence electrons. The number of fused-ring (bicyclic) bond motifs is 1. The van der Waals surface area contributed by atoms with Gasteiger partial charge in [0, 0.05) is 55.1 Å². The van der Waals surface area contributed by atoms with Gasteiger partial charge in [-0.05, 0) is 56.8 Å². The maximum atomic E-state index is 6.68. The number of nitrogens with one attached hydrogen (secondary N) is 1. The predicted molar refractivity (Wildman–Crippen MR) is 123 cm³/mol. The van der Waals surface area contributed by atoms with Gasteiger partial charge in [-0.2, -0.15) is 0 Å². The van der Waals surface area contributed by atoms with Crippen LogP contribution in [0.5, 0.6) is 0 Å². The van der Waals surface area contributed by atoms with Crippen LogP contribution in [0.2, 0.25) is 0 Å². The topological polar surface area (TPSA) is 70.3 Å². The van der Waals surface area contributed by atoms with Crippen molar-refractivity contribution in [3.8, 4) is 11.3 Å². The van der Waals surface area contributed by atoms with E-state index in [0.29, 0.717) is 0 Å². The Bertz CT molecular complexity index is 1000. The fourth-order valence-electron chi connectivity index (χ4n) is 4.62. The molecule has 5 rings (SSSR count). The van der Waals surface area contributed by atoms with Crippen molar-refractivity contribution in [3.63, 3.8) is 0 Å². The monoisotopic (exact) mass is 402 g/mol. The van der Waals surface area contributed by atoms with E-state index in [2.05, 4.69) is 63.5 Å². The van der Waals surface area contributed by atoms with Crippen LogP contribution in [0, 0.1) is 0 Å². The van der Waals surface area contributed by atoms with Gasteiger partial charge in [-0.25, -0.2) is 0 Å². The number of hydrogen-bond donors (Lipinski definition) is 2. The molecule has 6 heteroatoms. The summed E-state index contributed by atoms with van der Waals surface area (Å²) in [6.45, 7) is 5.39. The molecule has 2 aromatic heterocycles. The molecule has 2 saturated heterocycles. The van der Waals surface area contributed by atoms with E-state index in [0.717, 1.165) is 67.0 Å². The van der Waals surface area contributed by atoms with Gasteiger partial charge < -0.3 is 20.9 Å². The van der Waals surface area contributed by atoms with Crippen LogP contribution in [0.4, 0.5) is 5.69 Å². The van der Waals surface area contributed by atoms with Gasteiger partial charge in [0.05, 0.1) is 22.9 Å². The molecular weight excluding hydrogens is 372 g/mol. The maximum absolute atomic E-state index is 6.68. The summed E-state index contributed by atoms with van der Waals surface area (Å²) >= 11 is 0. The summed E-state index contributed by atoms with van der Waals surface area (Å²) in [6.07, 6.45) is 4.10. The lowest BCUT2D eigenvalue weighted by molar-refractivity contribution is 0.313. The van der Waals surface area contributed by atoms with Crippen molar-refractivity contribution in [2.45, 2.75) is 24.9 Å². The molecule has 0 saturated carbocycles. The predicted octanol–water partition coefficient (Wildman–Crippen LogP) is 2.80. The van der Waals surface area contributed by atoms with Crippen LogP contribution in [0.3, 0.4) is 0 Å². The number of hydrogen-bond acceptors (Lipinski definition) is 6. The third-order valence-corrected chi connectivity index (χ3v) is 6.51. The van der Waals surface area contributed by atoms with Crippen LogP contribution >= 0.6 is 0 Å². The van der Waals surface area contributed by atoms with Crippen LogP contribution in [0.25, 0.3) is 22.2 Å². The molecule has 0 radical (unpaired) electrons. The molecule has 3 N–H and O–H groups in total. The lowest BCUT2D eigenvalue weighted by atomic mass is 9.99. The van der Waals surface area contributed by atoms with Crippen molar-refractivity contribution in [1.29, 1.82) is 0 Å². The van der Waals surface area contributed by atoms with E-state index < -0.39 is 0 Å². The van der Waals surface area contributed by atoms with Crippen LogP contribution in [-0.4, -0.2) is 60.7 Å². The fraction of sp³-hybridized carbons (Fsp3) is 0.417. The zero-order chi connectivity index (χ0) is 20.5. The minimum atomic E-state index is -0.135. The van der Waals surface area contributed by atoms with Gasteiger partial charge in [-0.1, -0.05) is 12.1 Å². The van der Waals surface area contributed by atoms with E-state index in [1.807, 2.05) is 12.3 Å². The van der Waals surface area contributed by atoms with Gasteiger partial charge in [0.2, 0.25) is 0 Å². The summed E-state index contributed by atoms with van der Waals surface area (Å²) in [7, 11) is 2.18. The van der Waals surface area contributed by atoms with E-state index >= 15 is 0 Å². The first kappa shape index (κ1) is 19.4. The molecule has 0 spiro atoms. The molecule has 0 amide bonds. The van der Waals surface area contributed by atoms with Gasteiger partial charge in [0.15, 0.2) is 0 Å². The Morgan fingerprint density at radius 3 is 2.63 bits per heavy atom. The first-order chi connectivity index (χ1) is 14.7. The van der Waals surface area contributed by atoms with Gasteiger partial charge in [0.1, 0.15) is 0 Å². The van der Waals surface area contributed by atoms with Crippen LogP contribution in [0.15, 0.2) is 48.7 Å². The van der Waals surface area contributed by atoms with Gasteiger partial charge in [-0.15, -0.1) is 0 Å². The highest BCUT2D eigenvalue weighted by Gasteiger charge is 2.26. The van der Waals surface area contributed by atoms with Crippen molar-refractivity contribution < 1.29 is 0 Å². The van der Waals surface area contributed by atoms with Crippen molar-refractivity contribution in [2.75, 3.05) is 44.7 Å². The normalized spacial score (nSPS) is 21.3. The van der Waals surface area contributed by atoms with Crippen molar-refractivity contribution in [3.05, 3.63) is 54.4 Å². The summed E-state index contributed by atoms with van der Waals surface area (Å²) < 4.78 is 0. The average molecular weight is 403 g/mol. The number of likely N-dealkylation sites (N-methyl/N-ethyl adjacent to an activating group) is 1. The number of aromatic nitrogens is 2. The van der Waals surface area contributed by atoms with Crippen LogP contribution in [-0.2, 0) is 0 Å². The molecule has 3 aromatic rings. The van der Waals surface area contributed by atoms with E-state index in [1.165, 1.54) is 12.1 Å². The Hall–Kier alpha value is -2.54. The number of rotatable bonds is 4. The first-order valence-corrected chi connectivity index (χ1v) is 11.0. The second-order valence-electron chi connectivity index (χ2n) is 8.53. The number of pyridine rings is 2. The number of nitrogens with zero attached hydrogens (tertiary/aromatic N) is 4. The number of benzene rings is 1. The molecule has 2 aliphatic rings. The molecule has 0 aliphatic carbocycles. The molecule has 1 aromatic carbocycles. The highest BCUT2D eigenvalue weighted by Crippen LogP contribution is 2.30. The molecule has 2 unspecified atom stereocenters. The third kappa shape index (κ3) is 3.78. The van der Waals surface area contributed by atoms with Gasteiger partial charge >= 0.3 is 0 Å². The lowest BCUT2D eigenvalue weighted by Gasteiger charge is -2.34. The second kappa shape index (κ2) is 8.30. The number of anilines is 1. The quantitative estimate of drug-likeness (QED) is 0.699. The summed E-state index contributed by atoms with van der Waals surface area (Å²) in [6, 6.07) is 15.0. The minimum absolute atomic E-state index is 0.135. The molecule has 0 bridgehead atoms. The highest BCUT2D eigenvalue weighted by molar-refractivity contribution is 5.85. The Kier molecular flexibility index (Phi) is 5.37. The summed E-state index contributed by atoms with van der Waals surface area (Å²) in [5, 5.41) is 4.58. The number of piperazine rings is 1. The Balaban J connectivity index is 1.48. The van der Waals surface area contributed by atoms with Crippen LogP contribution < -0.4 is 16.0 Å². The molecule has 30 heavy (non-hydrogen) atoms. The molecular formula is C24H30N6. The zero-order valence-corrected chi connectivity index (χ0v) is 17.6. The summed E-state index contributed by atoms with van der Waals surface area (Å²) in [5.74, 6) is 0. The van der Waals surface area contributed by atoms with E-state index in [1.54, 1.807) is 0 Å². The lowest BCUT2D eigenvalue weighted by Crippen LogP contribution is -2.44. The highest BCUT2D eigenvalue weighted by atomic mass is 15.2. The first-order valence-electron chi connectivity index (χ1n) is 11.0. The summed E-state index contributed by atoms with van der Waals surface area (Å²) in [4.78, 5) is 14.5. The fourth-order valence-corrected chi connectivity index (χ4v) is 4.62. The molecule has 2 fully saturated rings. The minimum Gasteiger partial charge on any atom is -0.369 e. The van der Waals surface area contributed by atoms with Crippen molar-refractivity contribution >= 4 is 16.6 Å². The van der Waals surface area contributed by atoms with Crippen molar-refractivity contribution in [1.82, 2.24) is 20.2 Å².